The quantitative estimate of drug-likeness (QED) is 0.707. The van der Waals surface area contributed by atoms with Gasteiger partial charge in [-0.25, -0.2) is 4.98 Å². The SMILES string of the molecule is Cc1cccc(N2CCC=C2c2ccnc3ccccc23)n1. The average Bonchev–Trinajstić information content (AvgIpc) is 3.04. The molecule has 1 aromatic carbocycles. The number of hydrogen-bond donors (Lipinski definition) is 0. The normalized spacial score (nSPS) is 14.4. The van der Waals surface area contributed by atoms with Gasteiger partial charge in [0.05, 0.1) is 5.52 Å². The predicted molar refractivity (Wildman–Crippen MR) is 90.7 cm³/mol. The fraction of sp³-hybridized carbons (Fsp3) is 0.158. The first kappa shape index (κ1) is 13.0. The van der Waals surface area contributed by atoms with Crippen LogP contribution >= 0.6 is 0 Å². The summed E-state index contributed by atoms with van der Waals surface area (Å²) in [4.78, 5) is 11.4. The van der Waals surface area contributed by atoms with Crippen LogP contribution in [0.15, 0.2) is 60.8 Å². The van der Waals surface area contributed by atoms with E-state index in [1.807, 2.05) is 25.3 Å². The lowest BCUT2D eigenvalue weighted by Crippen LogP contribution is -2.19. The molecule has 0 fully saturated rings. The van der Waals surface area contributed by atoms with Crippen molar-refractivity contribution in [3.05, 3.63) is 72.1 Å². The molecule has 0 spiro atoms. The van der Waals surface area contributed by atoms with Crippen LogP contribution in [0.4, 0.5) is 5.82 Å². The highest BCUT2D eigenvalue weighted by atomic mass is 15.2. The number of hydrogen-bond acceptors (Lipinski definition) is 3. The number of rotatable bonds is 2. The van der Waals surface area contributed by atoms with Crippen LogP contribution in [0.5, 0.6) is 0 Å². The van der Waals surface area contributed by atoms with Crippen LogP contribution in [0, 0.1) is 6.92 Å². The summed E-state index contributed by atoms with van der Waals surface area (Å²) in [6, 6.07) is 16.6. The zero-order valence-electron chi connectivity index (χ0n) is 12.5. The molecule has 4 rings (SSSR count). The van der Waals surface area contributed by atoms with Crippen LogP contribution in [-0.4, -0.2) is 16.5 Å². The smallest absolute Gasteiger partial charge is 0.133 e. The fourth-order valence-electron chi connectivity index (χ4n) is 3.05. The summed E-state index contributed by atoms with van der Waals surface area (Å²) in [6.07, 6.45) is 5.23. The maximum Gasteiger partial charge on any atom is 0.133 e. The van der Waals surface area contributed by atoms with E-state index in [-0.39, 0.29) is 0 Å². The number of anilines is 1. The van der Waals surface area contributed by atoms with Gasteiger partial charge in [0.15, 0.2) is 0 Å². The Labute approximate surface area is 129 Å². The molecule has 1 aliphatic heterocycles. The Morgan fingerprint density at radius 1 is 1.00 bits per heavy atom. The van der Waals surface area contributed by atoms with Crippen molar-refractivity contribution in [2.75, 3.05) is 11.4 Å². The third-order valence-electron chi connectivity index (χ3n) is 4.06. The lowest BCUT2D eigenvalue weighted by molar-refractivity contribution is 0.972. The molecular formula is C19H17N3. The Kier molecular flexibility index (Phi) is 3.11. The van der Waals surface area contributed by atoms with Crippen LogP contribution in [0.1, 0.15) is 17.7 Å². The molecule has 2 aromatic heterocycles. The monoisotopic (exact) mass is 287 g/mol. The van der Waals surface area contributed by atoms with Gasteiger partial charge in [0.1, 0.15) is 5.82 Å². The van der Waals surface area contributed by atoms with Crippen molar-refractivity contribution in [1.29, 1.82) is 0 Å². The second-order valence-electron chi connectivity index (χ2n) is 5.54. The second kappa shape index (κ2) is 5.26. The van der Waals surface area contributed by atoms with Crippen LogP contribution in [0.25, 0.3) is 16.6 Å². The summed E-state index contributed by atoms with van der Waals surface area (Å²) in [7, 11) is 0. The van der Waals surface area contributed by atoms with Crippen molar-refractivity contribution in [1.82, 2.24) is 9.97 Å². The Balaban J connectivity index is 1.84. The van der Waals surface area contributed by atoms with Crippen molar-refractivity contribution >= 4 is 22.4 Å². The molecule has 0 radical (unpaired) electrons. The molecule has 3 heteroatoms. The van der Waals surface area contributed by atoms with Gasteiger partial charge >= 0.3 is 0 Å². The minimum absolute atomic E-state index is 0.975. The van der Waals surface area contributed by atoms with Gasteiger partial charge in [0, 0.05) is 35.1 Å². The first-order valence-electron chi connectivity index (χ1n) is 7.58. The molecule has 0 unspecified atom stereocenters. The van der Waals surface area contributed by atoms with E-state index in [4.69, 9.17) is 0 Å². The number of aryl methyl sites for hydroxylation is 1. The lowest BCUT2D eigenvalue weighted by Gasteiger charge is -2.22. The molecule has 3 nitrogen and oxygen atoms in total. The summed E-state index contributed by atoms with van der Waals surface area (Å²) >= 11 is 0. The third-order valence-corrected chi connectivity index (χ3v) is 4.06. The van der Waals surface area contributed by atoms with Crippen molar-refractivity contribution < 1.29 is 0 Å². The molecule has 1 aliphatic rings. The van der Waals surface area contributed by atoms with E-state index < -0.39 is 0 Å². The Bertz CT molecular complexity index is 862. The van der Waals surface area contributed by atoms with Gasteiger partial charge in [0.2, 0.25) is 0 Å². The molecule has 3 heterocycles. The van der Waals surface area contributed by atoms with Crippen LogP contribution < -0.4 is 4.90 Å². The molecule has 0 saturated carbocycles. The number of benzene rings is 1. The zero-order chi connectivity index (χ0) is 14.9. The van der Waals surface area contributed by atoms with Crippen LogP contribution in [0.2, 0.25) is 0 Å². The molecule has 0 saturated heterocycles. The van der Waals surface area contributed by atoms with Crippen LogP contribution in [0.3, 0.4) is 0 Å². The molecule has 3 aromatic rings. The van der Waals surface area contributed by atoms with Gasteiger partial charge in [-0.15, -0.1) is 0 Å². The second-order valence-corrected chi connectivity index (χ2v) is 5.54. The molecular weight excluding hydrogens is 270 g/mol. The number of aromatic nitrogens is 2. The van der Waals surface area contributed by atoms with E-state index in [0.29, 0.717) is 0 Å². The number of fused-ring (bicyclic) bond motifs is 1. The summed E-state index contributed by atoms with van der Waals surface area (Å²) in [5.74, 6) is 1.02. The molecule has 0 amide bonds. The number of para-hydroxylation sites is 1. The van der Waals surface area contributed by atoms with Crippen molar-refractivity contribution in [2.24, 2.45) is 0 Å². The van der Waals surface area contributed by atoms with E-state index in [1.165, 1.54) is 16.6 Å². The van der Waals surface area contributed by atoms with E-state index in [0.717, 1.165) is 30.0 Å². The van der Waals surface area contributed by atoms with Gasteiger partial charge in [-0.2, -0.15) is 0 Å². The standard InChI is InChI=1S/C19H17N3/c1-14-6-4-10-19(21-14)22-13-5-9-18(22)16-11-12-20-17-8-3-2-7-15(16)17/h2-4,6-12H,5,13H2,1H3. The number of nitrogens with zero attached hydrogens (tertiary/aromatic N) is 3. The first-order chi connectivity index (χ1) is 10.8. The maximum atomic E-state index is 4.68. The Morgan fingerprint density at radius 2 is 1.91 bits per heavy atom. The molecule has 0 atom stereocenters. The molecule has 0 aliphatic carbocycles. The lowest BCUT2D eigenvalue weighted by atomic mass is 10.1. The van der Waals surface area contributed by atoms with Gasteiger partial charge in [-0.05, 0) is 37.6 Å². The largest absolute Gasteiger partial charge is 0.326 e. The topological polar surface area (TPSA) is 29.0 Å². The average molecular weight is 287 g/mol. The van der Waals surface area contributed by atoms with E-state index in [2.05, 4.69) is 57.3 Å². The molecule has 0 N–H and O–H groups in total. The Hall–Kier alpha value is -2.68. The van der Waals surface area contributed by atoms with Crippen molar-refractivity contribution in [3.8, 4) is 0 Å². The molecule has 0 bridgehead atoms. The summed E-state index contributed by atoms with van der Waals surface area (Å²) < 4.78 is 0. The summed E-state index contributed by atoms with van der Waals surface area (Å²) in [5, 5.41) is 1.19. The Morgan fingerprint density at radius 3 is 2.82 bits per heavy atom. The van der Waals surface area contributed by atoms with Crippen molar-refractivity contribution in [3.63, 3.8) is 0 Å². The van der Waals surface area contributed by atoms with Gasteiger partial charge < -0.3 is 4.90 Å². The van der Waals surface area contributed by atoms with E-state index >= 15 is 0 Å². The minimum atomic E-state index is 0.975. The maximum absolute atomic E-state index is 4.68. The molecule has 22 heavy (non-hydrogen) atoms. The van der Waals surface area contributed by atoms with Gasteiger partial charge in [0.25, 0.3) is 0 Å². The highest BCUT2D eigenvalue weighted by molar-refractivity contribution is 5.95. The third kappa shape index (κ3) is 2.15. The summed E-state index contributed by atoms with van der Waals surface area (Å²) in [5.41, 5.74) is 4.54. The van der Waals surface area contributed by atoms with Gasteiger partial charge in [-0.1, -0.05) is 30.3 Å². The van der Waals surface area contributed by atoms with Crippen LogP contribution in [-0.2, 0) is 0 Å². The number of pyridine rings is 2. The van der Waals surface area contributed by atoms with Gasteiger partial charge in [-0.3, -0.25) is 4.98 Å². The highest BCUT2D eigenvalue weighted by Crippen LogP contribution is 2.33. The predicted octanol–water partition coefficient (Wildman–Crippen LogP) is 4.19. The van der Waals surface area contributed by atoms with E-state index in [1.54, 1.807) is 0 Å². The van der Waals surface area contributed by atoms with Crippen molar-refractivity contribution in [2.45, 2.75) is 13.3 Å². The highest BCUT2D eigenvalue weighted by Gasteiger charge is 2.21. The zero-order valence-corrected chi connectivity index (χ0v) is 12.5. The molecule has 108 valence electrons. The van der Waals surface area contributed by atoms with E-state index in [9.17, 15) is 0 Å². The first-order valence-corrected chi connectivity index (χ1v) is 7.58. The fourth-order valence-corrected chi connectivity index (χ4v) is 3.05. The minimum Gasteiger partial charge on any atom is -0.326 e. The summed E-state index contributed by atoms with van der Waals surface area (Å²) in [6.45, 7) is 3.01.